The number of rotatable bonds is 4. The fraction of sp³-hybridized carbons (Fsp3) is 0.500. The van der Waals surface area contributed by atoms with E-state index >= 15 is 0 Å². The van der Waals surface area contributed by atoms with E-state index in [0.29, 0.717) is 11.6 Å². The van der Waals surface area contributed by atoms with Gasteiger partial charge in [-0.25, -0.2) is 4.39 Å². The second-order valence-electron chi connectivity index (χ2n) is 4.28. The Bertz CT molecular complexity index is 334. The van der Waals surface area contributed by atoms with Crippen LogP contribution in [0.15, 0.2) is 18.2 Å². The van der Waals surface area contributed by atoms with Crippen molar-refractivity contribution in [1.82, 2.24) is 0 Å². The maximum atomic E-state index is 12.8. The van der Waals surface area contributed by atoms with Crippen molar-refractivity contribution in [2.75, 3.05) is 6.54 Å². The molecule has 15 heavy (non-hydrogen) atoms. The first-order chi connectivity index (χ1) is 7.00. The lowest BCUT2D eigenvalue weighted by atomic mass is 9.81. The molecule has 84 valence electrons. The van der Waals surface area contributed by atoms with Crippen molar-refractivity contribution in [3.8, 4) is 0 Å². The third-order valence-corrected chi connectivity index (χ3v) is 3.33. The lowest BCUT2D eigenvalue weighted by molar-refractivity contribution is 0.320. The van der Waals surface area contributed by atoms with Crippen LogP contribution < -0.4 is 5.73 Å². The van der Waals surface area contributed by atoms with Gasteiger partial charge in [0.1, 0.15) is 5.82 Å². The molecule has 0 fully saturated rings. The van der Waals surface area contributed by atoms with Crippen LogP contribution >= 0.6 is 11.6 Å². The van der Waals surface area contributed by atoms with E-state index in [9.17, 15) is 4.39 Å². The number of hydrogen-bond donors (Lipinski definition) is 1. The summed E-state index contributed by atoms with van der Waals surface area (Å²) in [5.41, 5.74) is 6.74. The summed E-state index contributed by atoms with van der Waals surface area (Å²) >= 11 is 5.97. The zero-order chi connectivity index (χ0) is 11.5. The highest BCUT2D eigenvalue weighted by Gasteiger charge is 2.21. The molecule has 1 unspecified atom stereocenters. The molecule has 1 aromatic carbocycles. The molecule has 0 amide bonds. The van der Waals surface area contributed by atoms with Crippen LogP contribution in [0, 0.1) is 11.2 Å². The van der Waals surface area contributed by atoms with Crippen LogP contribution in [0.4, 0.5) is 4.39 Å². The molecule has 2 N–H and O–H groups in total. The molecular weight excluding hydrogens is 213 g/mol. The summed E-state index contributed by atoms with van der Waals surface area (Å²) < 4.78 is 12.8. The van der Waals surface area contributed by atoms with Gasteiger partial charge >= 0.3 is 0 Å². The van der Waals surface area contributed by atoms with Gasteiger partial charge in [0.15, 0.2) is 0 Å². The Morgan fingerprint density at radius 3 is 2.60 bits per heavy atom. The fourth-order valence-corrected chi connectivity index (χ4v) is 1.70. The van der Waals surface area contributed by atoms with Gasteiger partial charge in [-0.3, -0.25) is 0 Å². The number of halogens is 2. The highest BCUT2D eigenvalue weighted by Crippen LogP contribution is 2.29. The summed E-state index contributed by atoms with van der Waals surface area (Å²) in [6, 6.07) is 4.53. The minimum atomic E-state index is -0.297. The van der Waals surface area contributed by atoms with Crippen LogP contribution in [0.5, 0.6) is 0 Å². The highest BCUT2D eigenvalue weighted by atomic mass is 35.5. The quantitative estimate of drug-likeness (QED) is 0.842. The average Bonchev–Trinajstić information content (AvgIpc) is 2.22. The summed E-state index contributed by atoms with van der Waals surface area (Å²) in [4.78, 5) is 0. The Labute approximate surface area is 95.4 Å². The van der Waals surface area contributed by atoms with E-state index in [0.717, 1.165) is 18.4 Å². The van der Waals surface area contributed by atoms with Gasteiger partial charge in [-0.2, -0.15) is 0 Å². The maximum absolute atomic E-state index is 12.8. The van der Waals surface area contributed by atoms with Crippen LogP contribution in [0.2, 0.25) is 5.02 Å². The Morgan fingerprint density at radius 1 is 1.47 bits per heavy atom. The molecule has 1 atom stereocenters. The minimum Gasteiger partial charge on any atom is -0.330 e. The van der Waals surface area contributed by atoms with Crippen LogP contribution in [0.3, 0.4) is 0 Å². The van der Waals surface area contributed by atoms with Crippen molar-refractivity contribution >= 4 is 11.6 Å². The second kappa shape index (κ2) is 4.95. The van der Waals surface area contributed by atoms with E-state index in [-0.39, 0.29) is 11.2 Å². The lowest BCUT2D eigenvalue weighted by Gasteiger charge is -2.26. The Balaban J connectivity index is 2.89. The molecule has 1 aromatic rings. The number of hydrogen-bond acceptors (Lipinski definition) is 1. The summed E-state index contributed by atoms with van der Waals surface area (Å²) in [6.45, 7) is 4.83. The molecule has 0 aromatic heterocycles. The van der Waals surface area contributed by atoms with Crippen LogP contribution in [0.1, 0.15) is 25.8 Å². The van der Waals surface area contributed by atoms with E-state index < -0.39 is 0 Å². The largest absolute Gasteiger partial charge is 0.330 e. The van der Waals surface area contributed by atoms with Crippen molar-refractivity contribution in [2.24, 2.45) is 11.1 Å². The standard InChI is InChI=1S/C12H17ClFN/c1-3-12(2,8-15)7-9-4-5-10(14)6-11(9)13/h4-6H,3,7-8,15H2,1-2H3. The third-order valence-electron chi connectivity index (χ3n) is 2.98. The molecule has 0 spiro atoms. The summed E-state index contributed by atoms with van der Waals surface area (Å²) in [5.74, 6) is -0.297. The molecule has 0 heterocycles. The van der Waals surface area contributed by atoms with Gasteiger partial charge in [-0.05, 0) is 42.5 Å². The van der Waals surface area contributed by atoms with Gasteiger partial charge in [0.25, 0.3) is 0 Å². The van der Waals surface area contributed by atoms with Gasteiger partial charge in [0.2, 0.25) is 0 Å². The topological polar surface area (TPSA) is 26.0 Å². The smallest absolute Gasteiger partial charge is 0.124 e. The molecule has 1 nitrogen and oxygen atoms in total. The number of benzene rings is 1. The first-order valence-electron chi connectivity index (χ1n) is 5.15. The molecule has 0 aliphatic carbocycles. The van der Waals surface area contributed by atoms with Crippen LogP contribution in [-0.2, 0) is 6.42 Å². The second-order valence-corrected chi connectivity index (χ2v) is 4.69. The van der Waals surface area contributed by atoms with Crippen LogP contribution in [-0.4, -0.2) is 6.54 Å². The van der Waals surface area contributed by atoms with Crippen LogP contribution in [0.25, 0.3) is 0 Å². The van der Waals surface area contributed by atoms with E-state index in [2.05, 4.69) is 13.8 Å². The molecule has 0 aliphatic heterocycles. The normalized spacial score (nSPS) is 15.0. The zero-order valence-electron chi connectivity index (χ0n) is 9.19. The van der Waals surface area contributed by atoms with Gasteiger partial charge in [0, 0.05) is 5.02 Å². The van der Waals surface area contributed by atoms with Gasteiger partial charge in [0.05, 0.1) is 0 Å². The van der Waals surface area contributed by atoms with Crippen molar-refractivity contribution in [3.05, 3.63) is 34.6 Å². The maximum Gasteiger partial charge on any atom is 0.124 e. The molecule has 0 aliphatic rings. The Morgan fingerprint density at radius 2 is 2.13 bits per heavy atom. The predicted molar refractivity (Wildman–Crippen MR) is 62.6 cm³/mol. The SMILES string of the molecule is CCC(C)(CN)Cc1ccc(F)cc1Cl. The number of nitrogens with two attached hydrogens (primary N) is 1. The Kier molecular flexibility index (Phi) is 4.12. The van der Waals surface area contributed by atoms with E-state index in [4.69, 9.17) is 17.3 Å². The average molecular weight is 230 g/mol. The van der Waals surface area contributed by atoms with E-state index in [1.807, 2.05) is 0 Å². The summed E-state index contributed by atoms with van der Waals surface area (Å²) in [7, 11) is 0. The van der Waals surface area contributed by atoms with Gasteiger partial charge in [-0.1, -0.05) is 31.5 Å². The Hall–Kier alpha value is -0.600. The highest BCUT2D eigenvalue weighted by molar-refractivity contribution is 6.31. The third kappa shape index (κ3) is 3.18. The first-order valence-corrected chi connectivity index (χ1v) is 5.52. The molecule has 0 saturated carbocycles. The van der Waals surface area contributed by atoms with E-state index in [1.54, 1.807) is 6.07 Å². The fourth-order valence-electron chi connectivity index (χ4n) is 1.47. The van der Waals surface area contributed by atoms with E-state index in [1.165, 1.54) is 12.1 Å². The molecular formula is C12H17ClFN. The molecule has 0 saturated heterocycles. The van der Waals surface area contributed by atoms with Gasteiger partial charge < -0.3 is 5.73 Å². The predicted octanol–water partition coefficient (Wildman–Crippen LogP) is 3.40. The lowest BCUT2D eigenvalue weighted by Crippen LogP contribution is -2.28. The van der Waals surface area contributed by atoms with Crippen molar-refractivity contribution in [1.29, 1.82) is 0 Å². The van der Waals surface area contributed by atoms with Gasteiger partial charge in [-0.15, -0.1) is 0 Å². The monoisotopic (exact) mass is 229 g/mol. The minimum absolute atomic E-state index is 0.0431. The summed E-state index contributed by atoms with van der Waals surface area (Å²) in [5, 5.41) is 0.489. The first kappa shape index (κ1) is 12.5. The van der Waals surface area contributed by atoms with Crippen molar-refractivity contribution in [3.63, 3.8) is 0 Å². The summed E-state index contributed by atoms with van der Waals surface area (Å²) in [6.07, 6.45) is 1.77. The molecule has 0 radical (unpaired) electrons. The molecule has 0 bridgehead atoms. The zero-order valence-corrected chi connectivity index (χ0v) is 9.94. The van der Waals surface area contributed by atoms with Crippen molar-refractivity contribution < 1.29 is 4.39 Å². The molecule has 1 rings (SSSR count). The van der Waals surface area contributed by atoms with Crippen molar-refractivity contribution in [2.45, 2.75) is 26.7 Å². The molecule has 3 heteroatoms.